The largest absolute Gasteiger partial charge is 1.00 e. The minimum atomic E-state index is -3.51. The smallest absolute Gasteiger partial charge is 0.781 e. The van der Waals surface area contributed by atoms with Crippen LogP contribution in [0.5, 0.6) is 0 Å². The van der Waals surface area contributed by atoms with Crippen molar-refractivity contribution in [2.75, 3.05) is 6.38 Å². The first kappa shape index (κ1) is 44.4. The van der Waals surface area contributed by atoms with Gasteiger partial charge in [0.2, 0.25) is 0 Å². The molecule has 0 aromatic heterocycles. The Morgan fingerprint density at radius 1 is 0.600 bits per heavy atom. The fourth-order valence-electron chi connectivity index (χ4n) is 0.136. The predicted molar refractivity (Wildman–Crippen MR) is 50.0 cm³/mol. The molecule has 0 N–H and O–H groups in total. The predicted octanol–water partition coefficient (Wildman–Crippen LogP) is -14.1. The molecule has 0 aromatic carbocycles. The standard InChI is InChI=1S/CH3Cl.4Na.2H4O5P2/c1-2;;;;;2*1-6(2)5-7(3)4/h1H3;;;;;2*6-7H,(H,1,2)(H,3,4)/q;4*+1;;/p-4. The number of hydrogen-bond acceptors (Lipinski definition) is 10. The Hall–Kier alpha value is 4.97. The Labute approximate surface area is 212 Å². The quantitative estimate of drug-likeness (QED) is 0.236. The van der Waals surface area contributed by atoms with Crippen molar-refractivity contribution in [2.45, 2.75) is 0 Å². The summed E-state index contributed by atoms with van der Waals surface area (Å²) in [6, 6.07) is 0. The number of alkyl halides is 1. The molecule has 4 unspecified atom stereocenters. The van der Waals surface area contributed by atoms with Crippen LogP contribution < -0.4 is 138 Å². The normalized spacial score (nSPS) is 13.3. The molecule has 4 atom stereocenters. The van der Waals surface area contributed by atoms with Crippen LogP contribution in [-0.2, 0) is 26.9 Å². The first-order chi connectivity index (χ1) is 7.25. The first-order valence-electron chi connectivity index (χ1n) is 2.83. The zero-order chi connectivity index (χ0) is 13.7. The van der Waals surface area contributed by atoms with Crippen molar-refractivity contribution in [1.82, 2.24) is 0 Å². The maximum absolute atomic E-state index is 9.29. The molecule has 20 heavy (non-hydrogen) atoms. The van der Waals surface area contributed by atoms with Gasteiger partial charge in [0.1, 0.15) is 33.0 Å². The van der Waals surface area contributed by atoms with Crippen molar-refractivity contribution in [1.29, 1.82) is 0 Å². The third kappa shape index (κ3) is 65.9. The summed E-state index contributed by atoms with van der Waals surface area (Å²) >= 11 is 4.64. The van der Waals surface area contributed by atoms with Crippen LogP contribution in [0.1, 0.15) is 0 Å². The van der Waals surface area contributed by atoms with Gasteiger partial charge in [-0.1, -0.05) is 0 Å². The summed E-state index contributed by atoms with van der Waals surface area (Å²) in [5, 5.41) is 0. The average molecular weight is 430 g/mol. The molecule has 0 aliphatic rings. The summed E-state index contributed by atoms with van der Waals surface area (Å²) in [5.74, 6) is 0. The van der Waals surface area contributed by atoms with Gasteiger partial charge in [-0.25, -0.2) is 0 Å². The average Bonchev–Trinajstić information content (AvgIpc) is 2.03. The fraction of sp³-hybridized carbons (Fsp3) is 1.00. The van der Waals surface area contributed by atoms with Gasteiger partial charge in [-0.2, -0.15) is 0 Å². The molecule has 0 spiro atoms. The van der Waals surface area contributed by atoms with Gasteiger partial charge >= 0.3 is 118 Å². The van der Waals surface area contributed by atoms with Gasteiger partial charge in [0.05, 0.1) is 0 Å². The molecule has 0 saturated heterocycles. The van der Waals surface area contributed by atoms with Gasteiger partial charge in [0.25, 0.3) is 0 Å². The Kier molecular flexibility index (Phi) is 78.1. The molecular weight excluding hydrogens is 423 g/mol. The maximum atomic E-state index is 9.29. The van der Waals surface area contributed by atoms with Crippen molar-refractivity contribution in [3.63, 3.8) is 0 Å². The second-order valence-corrected chi connectivity index (χ2v) is 4.84. The summed E-state index contributed by atoms with van der Waals surface area (Å²) in [5.41, 5.74) is 0. The second kappa shape index (κ2) is 35.1. The molecule has 102 valence electrons. The fourth-order valence-corrected chi connectivity index (χ4v) is 1.22. The van der Waals surface area contributed by atoms with E-state index in [0.29, 0.717) is 0 Å². The summed E-state index contributed by atoms with van der Waals surface area (Å²) < 4.78 is 43.6. The topological polar surface area (TPSA) is 179 Å². The van der Waals surface area contributed by atoms with E-state index in [2.05, 4.69) is 20.2 Å². The molecule has 0 bridgehead atoms. The number of rotatable bonds is 4. The molecule has 0 aromatic rings. The van der Waals surface area contributed by atoms with E-state index >= 15 is 0 Å². The third-order valence-corrected chi connectivity index (χ3v) is 3.00. The van der Waals surface area contributed by atoms with Crippen LogP contribution in [0.15, 0.2) is 0 Å². The molecule has 0 rings (SSSR count). The van der Waals surface area contributed by atoms with Crippen molar-refractivity contribution < 1.29 is 165 Å². The SMILES string of the molecule is CCl.O=[PH]([O-])O[PH](=O)[O-].O=[PH]([O-])O[PH](=O)[O-].[Na+].[Na+].[Na+].[Na+]. The van der Waals surface area contributed by atoms with E-state index in [1.165, 1.54) is 6.38 Å². The number of halogens is 1. The van der Waals surface area contributed by atoms with Crippen LogP contribution in [0.2, 0.25) is 0 Å². The van der Waals surface area contributed by atoms with Crippen LogP contribution in [0.3, 0.4) is 0 Å². The van der Waals surface area contributed by atoms with Crippen LogP contribution in [-0.4, -0.2) is 6.38 Å². The van der Waals surface area contributed by atoms with Crippen LogP contribution in [0, 0.1) is 0 Å². The van der Waals surface area contributed by atoms with Gasteiger partial charge in [0.15, 0.2) is 0 Å². The van der Waals surface area contributed by atoms with Gasteiger partial charge in [0, 0.05) is 6.38 Å². The molecule has 10 nitrogen and oxygen atoms in total. The molecular formula is CH7ClNa4O10P4. The van der Waals surface area contributed by atoms with E-state index < -0.39 is 33.0 Å². The van der Waals surface area contributed by atoms with Crippen LogP contribution in [0.4, 0.5) is 0 Å². The number of hydrogen-bond donors (Lipinski definition) is 0. The van der Waals surface area contributed by atoms with E-state index in [-0.39, 0.29) is 118 Å². The van der Waals surface area contributed by atoms with E-state index in [4.69, 9.17) is 0 Å². The van der Waals surface area contributed by atoms with E-state index in [0.717, 1.165) is 0 Å². The molecule has 0 saturated carbocycles. The minimum absolute atomic E-state index is 0. The molecule has 0 amide bonds. The molecule has 0 aliphatic carbocycles. The summed E-state index contributed by atoms with van der Waals surface area (Å²) in [6.45, 7) is 0. The second-order valence-electron chi connectivity index (χ2n) is 1.20. The summed E-state index contributed by atoms with van der Waals surface area (Å²) in [4.78, 5) is 37.1. The molecule has 0 heterocycles. The molecule has 19 heteroatoms. The minimum Gasteiger partial charge on any atom is -0.781 e. The maximum Gasteiger partial charge on any atom is 1.00 e. The van der Waals surface area contributed by atoms with Crippen molar-refractivity contribution in [3.05, 3.63) is 0 Å². The summed E-state index contributed by atoms with van der Waals surface area (Å²) in [6.07, 6.45) is 1.47. The van der Waals surface area contributed by atoms with Gasteiger partial charge in [-0.05, 0) is 0 Å². The van der Waals surface area contributed by atoms with Crippen molar-refractivity contribution >= 4 is 44.6 Å². The van der Waals surface area contributed by atoms with Gasteiger partial charge in [-0.15, -0.1) is 11.6 Å². The van der Waals surface area contributed by atoms with E-state index in [1.54, 1.807) is 0 Å². The van der Waals surface area contributed by atoms with Gasteiger partial charge < -0.3 is 37.8 Å². The van der Waals surface area contributed by atoms with Crippen LogP contribution >= 0.6 is 44.6 Å². The molecule has 0 fully saturated rings. The van der Waals surface area contributed by atoms with Crippen LogP contribution in [0.25, 0.3) is 0 Å². The van der Waals surface area contributed by atoms with E-state index in [1.807, 2.05) is 0 Å². The molecule has 0 aliphatic heterocycles. The molecule has 0 radical (unpaired) electrons. The Morgan fingerprint density at radius 2 is 0.700 bits per heavy atom. The third-order valence-electron chi connectivity index (χ3n) is 0.333. The van der Waals surface area contributed by atoms with Crippen molar-refractivity contribution in [2.24, 2.45) is 0 Å². The first-order valence-corrected chi connectivity index (χ1v) is 8.48. The van der Waals surface area contributed by atoms with Gasteiger partial charge in [-0.3, -0.25) is 8.62 Å². The zero-order valence-electron chi connectivity index (χ0n) is 11.5. The Balaban J connectivity index is -0.0000000254. The van der Waals surface area contributed by atoms with E-state index in [9.17, 15) is 37.8 Å². The Morgan fingerprint density at radius 3 is 0.700 bits per heavy atom. The zero-order valence-corrected chi connectivity index (χ0v) is 24.2. The Bertz CT molecular complexity index is 216. The van der Waals surface area contributed by atoms with Crippen molar-refractivity contribution in [3.8, 4) is 0 Å². The summed E-state index contributed by atoms with van der Waals surface area (Å²) in [7, 11) is -14.1. The monoisotopic (exact) mass is 430 g/mol.